The van der Waals surface area contributed by atoms with Crippen LogP contribution in [0, 0.1) is 0 Å². The monoisotopic (exact) mass is 213 g/mol. The minimum absolute atomic E-state index is 0. The molecule has 2 rings (SSSR count). The molecule has 0 bridgehead atoms. The Labute approximate surface area is 111 Å². The van der Waals surface area contributed by atoms with Crippen LogP contribution >= 0.6 is 0 Å². The Morgan fingerprint density at radius 1 is 1.33 bits per heavy atom. The Kier molecular flexibility index (Phi) is 4.80. The van der Waals surface area contributed by atoms with Gasteiger partial charge in [0.15, 0.2) is 0 Å². The molecule has 0 saturated heterocycles. The number of hydrogen-bond acceptors (Lipinski definition) is 3. The summed E-state index contributed by atoms with van der Waals surface area (Å²) in [4.78, 5) is 12.3. The number of fused-ring (bicyclic) bond motifs is 1. The molecule has 0 aromatic heterocycles. The Morgan fingerprint density at radius 3 is 2.67 bits per heavy atom. The van der Waals surface area contributed by atoms with Crippen LogP contribution in [0.3, 0.4) is 0 Å². The number of benzene rings is 1. The molecule has 4 heteroatoms. The quantitative estimate of drug-likeness (QED) is 0.486. The molecule has 0 spiro atoms. The summed E-state index contributed by atoms with van der Waals surface area (Å²) < 4.78 is 0. The molecule has 0 radical (unpaired) electrons. The van der Waals surface area contributed by atoms with Gasteiger partial charge >= 0.3 is 29.6 Å². The van der Waals surface area contributed by atoms with Gasteiger partial charge in [-0.25, -0.2) is 0 Å². The summed E-state index contributed by atoms with van der Waals surface area (Å²) in [5.74, 6) is -0.996. The van der Waals surface area contributed by atoms with Crippen molar-refractivity contribution in [2.45, 2.75) is 13.0 Å². The number of carbonyl (C=O) groups is 1. The summed E-state index contributed by atoms with van der Waals surface area (Å²) in [5.41, 5.74) is 2.57. The van der Waals surface area contributed by atoms with Gasteiger partial charge in [-0.3, -0.25) is 4.90 Å². The molecule has 15 heavy (non-hydrogen) atoms. The van der Waals surface area contributed by atoms with Crippen LogP contribution in [0.4, 0.5) is 0 Å². The zero-order valence-corrected chi connectivity index (χ0v) is 10.9. The topological polar surface area (TPSA) is 43.4 Å². The maximum absolute atomic E-state index is 10.4. The summed E-state index contributed by atoms with van der Waals surface area (Å²) in [5, 5.41) is 10.4. The molecule has 3 nitrogen and oxygen atoms in total. The van der Waals surface area contributed by atoms with Crippen LogP contribution in [0.25, 0.3) is 0 Å². The van der Waals surface area contributed by atoms with E-state index in [0.29, 0.717) is 0 Å². The first kappa shape index (κ1) is 12.7. The summed E-state index contributed by atoms with van der Waals surface area (Å²) in [6, 6.07) is 8.16. The summed E-state index contributed by atoms with van der Waals surface area (Å²) in [6.07, 6.45) is 0.934. The molecule has 1 aliphatic heterocycles. The molecule has 1 aromatic rings. The van der Waals surface area contributed by atoms with Crippen molar-refractivity contribution in [1.29, 1.82) is 0 Å². The molecule has 1 aromatic carbocycles. The second-order valence-corrected chi connectivity index (χ2v) is 3.60. The third-order valence-electron chi connectivity index (χ3n) is 2.56. The Balaban J connectivity index is 0.00000112. The van der Waals surface area contributed by atoms with Crippen molar-refractivity contribution in [1.82, 2.24) is 4.90 Å². The average molecular weight is 213 g/mol. The van der Waals surface area contributed by atoms with E-state index in [2.05, 4.69) is 12.1 Å². The van der Waals surface area contributed by atoms with Crippen LogP contribution in [-0.4, -0.2) is 24.0 Å². The first-order chi connectivity index (χ1) is 6.75. The predicted octanol–water partition coefficient (Wildman–Crippen LogP) is -3.20. The first-order valence-electron chi connectivity index (χ1n) is 4.74. The molecule has 0 amide bonds. The zero-order chi connectivity index (χ0) is 9.97. The average Bonchev–Trinajstić information content (AvgIpc) is 2.17. The van der Waals surface area contributed by atoms with E-state index in [0.717, 1.165) is 19.5 Å². The molecule has 0 N–H and O–H groups in total. The molecule has 0 fully saturated rings. The molecule has 0 saturated carbocycles. The fourth-order valence-electron chi connectivity index (χ4n) is 1.87. The van der Waals surface area contributed by atoms with Gasteiger partial charge in [0.05, 0.1) is 5.97 Å². The van der Waals surface area contributed by atoms with Crippen LogP contribution in [-0.2, 0) is 17.8 Å². The molecule has 0 aliphatic carbocycles. The fourth-order valence-corrected chi connectivity index (χ4v) is 1.87. The number of aliphatic carboxylic acids is 1. The number of nitrogens with zero attached hydrogens (tertiary/aromatic N) is 1. The Morgan fingerprint density at radius 2 is 2.00 bits per heavy atom. The van der Waals surface area contributed by atoms with Gasteiger partial charge in [-0.2, -0.15) is 0 Å². The second-order valence-electron chi connectivity index (χ2n) is 3.60. The largest absolute Gasteiger partial charge is 1.00 e. The van der Waals surface area contributed by atoms with Gasteiger partial charge in [0.2, 0.25) is 0 Å². The van der Waals surface area contributed by atoms with E-state index in [1.165, 1.54) is 11.1 Å². The Bertz CT molecular complexity index is 354. The third-order valence-corrected chi connectivity index (χ3v) is 2.56. The number of hydrogen-bond donors (Lipinski definition) is 0. The van der Waals surface area contributed by atoms with Crippen molar-refractivity contribution in [3.63, 3.8) is 0 Å². The maximum Gasteiger partial charge on any atom is 1.00 e. The number of carbonyl (C=O) groups excluding carboxylic acids is 1. The van der Waals surface area contributed by atoms with Crippen LogP contribution in [0.5, 0.6) is 0 Å². The Hall–Kier alpha value is -0.350. The number of carboxylic acids is 1. The van der Waals surface area contributed by atoms with E-state index in [-0.39, 0.29) is 36.1 Å². The molecule has 0 unspecified atom stereocenters. The third kappa shape index (κ3) is 3.31. The SMILES string of the molecule is O=C([O-])CN1CCc2ccccc2C1.[Na+]. The maximum atomic E-state index is 10.4. The summed E-state index contributed by atoms with van der Waals surface area (Å²) in [7, 11) is 0. The minimum atomic E-state index is -0.996. The van der Waals surface area contributed by atoms with Gasteiger partial charge < -0.3 is 9.90 Å². The van der Waals surface area contributed by atoms with Crippen LogP contribution in [0.15, 0.2) is 24.3 Å². The summed E-state index contributed by atoms with van der Waals surface area (Å²) >= 11 is 0. The van der Waals surface area contributed by atoms with Crippen molar-refractivity contribution in [3.8, 4) is 0 Å². The summed E-state index contributed by atoms with van der Waals surface area (Å²) in [6.45, 7) is 1.57. The van der Waals surface area contributed by atoms with E-state index in [9.17, 15) is 9.90 Å². The van der Waals surface area contributed by atoms with Gasteiger partial charge in [0.25, 0.3) is 0 Å². The van der Waals surface area contributed by atoms with Crippen LogP contribution < -0.4 is 34.7 Å². The van der Waals surface area contributed by atoms with E-state index in [1.54, 1.807) is 0 Å². The smallest absolute Gasteiger partial charge is 0.549 e. The molecular weight excluding hydrogens is 201 g/mol. The van der Waals surface area contributed by atoms with Gasteiger partial charge in [0.1, 0.15) is 0 Å². The second kappa shape index (κ2) is 5.66. The van der Waals surface area contributed by atoms with Gasteiger partial charge in [-0.15, -0.1) is 0 Å². The predicted molar refractivity (Wildman–Crippen MR) is 50.4 cm³/mol. The molecular formula is C11H12NNaO2. The number of carboxylic acid groups (broad SMARTS) is 1. The van der Waals surface area contributed by atoms with Gasteiger partial charge in [0, 0.05) is 19.6 Å². The molecule has 0 atom stereocenters. The zero-order valence-electron chi connectivity index (χ0n) is 8.90. The van der Waals surface area contributed by atoms with Crippen LogP contribution in [0.1, 0.15) is 11.1 Å². The van der Waals surface area contributed by atoms with E-state index in [4.69, 9.17) is 0 Å². The van der Waals surface area contributed by atoms with Gasteiger partial charge in [-0.1, -0.05) is 24.3 Å². The van der Waals surface area contributed by atoms with Gasteiger partial charge in [-0.05, 0) is 17.5 Å². The minimum Gasteiger partial charge on any atom is -0.549 e. The van der Waals surface area contributed by atoms with Crippen molar-refractivity contribution in [2.24, 2.45) is 0 Å². The molecule has 74 valence electrons. The normalized spacial score (nSPS) is 15.2. The van der Waals surface area contributed by atoms with Crippen LogP contribution in [0.2, 0.25) is 0 Å². The molecule has 1 heterocycles. The standard InChI is InChI=1S/C11H13NO2.Na/c13-11(14)8-12-6-5-9-3-1-2-4-10(9)7-12;/h1-4H,5-8H2,(H,13,14);/q;+1/p-1. The number of rotatable bonds is 2. The fraction of sp³-hybridized carbons (Fsp3) is 0.364. The van der Waals surface area contributed by atoms with Crippen molar-refractivity contribution < 1.29 is 39.5 Å². The van der Waals surface area contributed by atoms with E-state index < -0.39 is 5.97 Å². The van der Waals surface area contributed by atoms with Crippen molar-refractivity contribution in [2.75, 3.05) is 13.1 Å². The van der Waals surface area contributed by atoms with E-state index in [1.807, 2.05) is 17.0 Å². The van der Waals surface area contributed by atoms with E-state index >= 15 is 0 Å². The van der Waals surface area contributed by atoms with Crippen molar-refractivity contribution >= 4 is 5.97 Å². The first-order valence-corrected chi connectivity index (χ1v) is 4.74. The van der Waals surface area contributed by atoms with Crippen molar-refractivity contribution in [3.05, 3.63) is 35.4 Å². The molecule has 1 aliphatic rings.